The number of rotatable bonds is 8. The van der Waals surface area contributed by atoms with Gasteiger partial charge in [-0.05, 0) is 42.3 Å². The van der Waals surface area contributed by atoms with Crippen LogP contribution in [0.1, 0.15) is 18.1 Å². The standard InChI is InChI=1S/C19H22F3N3O2/c1-3-23-19(24-11-13-5-4-6-15(20)9-13)25-12-14-7-8-16(26-2)17(10-14)27-18(21)22/h4-10,18H,3,11-12H2,1-2H3,(H2,23,24,25). The Morgan fingerprint density at radius 2 is 1.89 bits per heavy atom. The molecule has 27 heavy (non-hydrogen) atoms. The Bertz CT molecular complexity index is 770. The van der Waals surface area contributed by atoms with Crippen LogP contribution >= 0.6 is 0 Å². The molecule has 2 aromatic rings. The van der Waals surface area contributed by atoms with Crippen molar-refractivity contribution in [2.24, 2.45) is 4.99 Å². The Hall–Kier alpha value is -2.90. The third-order valence-corrected chi connectivity index (χ3v) is 3.56. The predicted molar refractivity (Wildman–Crippen MR) is 97.7 cm³/mol. The Morgan fingerprint density at radius 3 is 2.56 bits per heavy atom. The van der Waals surface area contributed by atoms with E-state index in [0.29, 0.717) is 31.2 Å². The highest BCUT2D eigenvalue weighted by Crippen LogP contribution is 2.29. The van der Waals surface area contributed by atoms with Gasteiger partial charge in [0.15, 0.2) is 17.5 Å². The van der Waals surface area contributed by atoms with Crippen LogP contribution in [0.15, 0.2) is 47.5 Å². The van der Waals surface area contributed by atoms with E-state index >= 15 is 0 Å². The van der Waals surface area contributed by atoms with Gasteiger partial charge in [0, 0.05) is 13.1 Å². The summed E-state index contributed by atoms with van der Waals surface area (Å²) in [5.74, 6) is 0.401. The number of nitrogens with one attached hydrogen (secondary N) is 2. The smallest absolute Gasteiger partial charge is 0.387 e. The van der Waals surface area contributed by atoms with E-state index in [1.807, 2.05) is 6.92 Å². The molecule has 0 aromatic heterocycles. The molecule has 2 N–H and O–H groups in total. The Labute approximate surface area is 156 Å². The number of halogens is 3. The SMILES string of the molecule is CCNC(=NCc1cccc(F)c1)NCc1ccc(OC)c(OC(F)F)c1. The van der Waals surface area contributed by atoms with Gasteiger partial charge < -0.3 is 20.1 Å². The van der Waals surface area contributed by atoms with E-state index in [1.54, 1.807) is 24.3 Å². The van der Waals surface area contributed by atoms with Crippen LogP contribution < -0.4 is 20.1 Å². The highest BCUT2D eigenvalue weighted by atomic mass is 19.3. The molecule has 0 radical (unpaired) electrons. The van der Waals surface area contributed by atoms with Gasteiger partial charge in [0.25, 0.3) is 0 Å². The summed E-state index contributed by atoms with van der Waals surface area (Å²) < 4.78 is 47.8. The first-order valence-corrected chi connectivity index (χ1v) is 8.40. The van der Waals surface area contributed by atoms with Gasteiger partial charge in [-0.25, -0.2) is 9.38 Å². The molecular weight excluding hydrogens is 359 g/mol. The van der Waals surface area contributed by atoms with Crippen LogP contribution in [-0.4, -0.2) is 26.2 Å². The molecule has 0 aliphatic rings. The van der Waals surface area contributed by atoms with Gasteiger partial charge in [-0.1, -0.05) is 18.2 Å². The summed E-state index contributed by atoms with van der Waals surface area (Å²) in [5.41, 5.74) is 1.45. The van der Waals surface area contributed by atoms with Crippen molar-refractivity contribution >= 4 is 5.96 Å². The number of aliphatic imine (C=N–C) groups is 1. The molecule has 0 saturated carbocycles. The van der Waals surface area contributed by atoms with Gasteiger partial charge in [-0.3, -0.25) is 0 Å². The topological polar surface area (TPSA) is 54.9 Å². The number of hydrogen-bond donors (Lipinski definition) is 2. The second-order valence-corrected chi connectivity index (χ2v) is 5.54. The van der Waals surface area contributed by atoms with Crippen LogP contribution in [0.2, 0.25) is 0 Å². The van der Waals surface area contributed by atoms with Crippen LogP contribution in [0.4, 0.5) is 13.2 Å². The molecule has 0 amide bonds. The molecule has 0 heterocycles. The van der Waals surface area contributed by atoms with Crippen molar-refractivity contribution in [1.82, 2.24) is 10.6 Å². The van der Waals surface area contributed by atoms with Crippen molar-refractivity contribution in [2.75, 3.05) is 13.7 Å². The Kier molecular flexibility index (Phi) is 7.79. The zero-order valence-corrected chi connectivity index (χ0v) is 15.1. The third-order valence-electron chi connectivity index (χ3n) is 3.56. The molecule has 0 atom stereocenters. The first-order chi connectivity index (χ1) is 13.0. The van der Waals surface area contributed by atoms with Crippen molar-refractivity contribution < 1.29 is 22.6 Å². The number of guanidine groups is 1. The lowest BCUT2D eigenvalue weighted by atomic mass is 10.2. The molecule has 0 bridgehead atoms. The fraction of sp³-hybridized carbons (Fsp3) is 0.316. The molecule has 2 aromatic carbocycles. The minimum atomic E-state index is -2.94. The van der Waals surface area contributed by atoms with E-state index in [1.165, 1.54) is 25.3 Å². The first-order valence-electron chi connectivity index (χ1n) is 8.40. The van der Waals surface area contributed by atoms with Crippen molar-refractivity contribution in [3.8, 4) is 11.5 Å². The van der Waals surface area contributed by atoms with Crippen LogP contribution in [0.5, 0.6) is 11.5 Å². The minimum Gasteiger partial charge on any atom is -0.493 e. The maximum absolute atomic E-state index is 13.2. The minimum absolute atomic E-state index is 0.0338. The van der Waals surface area contributed by atoms with Crippen molar-refractivity contribution in [1.29, 1.82) is 0 Å². The number of ether oxygens (including phenoxy) is 2. The molecular formula is C19H22F3N3O2. The highest BCUT2D eigenvalue weighted by molar-refractivity contribution is 5.79. The fourth-order valence-corrected chi connectivity index (χ4v) is 2.35. The largest absolute Gasteiger partial charge is 0.493 e. The summed E-state index contributed by atoms with van der Waals surface area (Å²) in [7, 11) is 1.38. The molecule has 2 rings (SSSR count). The highest BCUT2D eigenvalue weighted by Gasteiger charge is 2.11. The quantitative estimate of drug-likeness (QED) is 0.541. The number of methoxy groups -OCH3 is 1. The number of hydrogen-bond acceptors (Lipinski definition) is 3. The zero-order chi connectivity index (χ0) is 19.6. The molecule has 0 aliphatic carbocycles. The molecule has 0 saturated heterocycles. The van der Waals surface area contributed by atoms with E-state index in [-0.39, 0.29) is 17.3 Å². The number of nitrogens with zero attached hydrogens (tertiary/aromatic N) is 1. The van der Waals surface area contributed by atoms with Crippen LogP contribution in [0, 0.1) is 5.82 Å². The summed E-state index contributed by atoms with van der Waals surface area (Å²) in [5, 5.41) is 6.18. The van der Waals surface area contributed by atoms with Gasteiger partial charge in [0.05, 0.1) is 13.7 Å². The van der Waals surface area contributed by atoms with Crippen molar-refractivity contribution in [3.63, 3.8) is 0 Å². The average Bonchev–Trinajstić information content (AvgIpc) is 2.64. The summed E-state index contributed by atoms with van der Waals surface area (Å²) in [6.45, 7) is 0.249. The fourth-order valence-electron chi connectivity index (χ4n) is 2.35. The summed E-state index contributed by atoms with van der Waals surface area (Å²) in [4.78, 5) is 4.40. The Balaban J connectivity index is 2.05. The predicted octanol–water partition coefficient (Wildman–Crippen LogP) is 3.69. The molecule has 0 spiro atoms. The first kappa shape index (κ1) is 20.4. The summed E-state index contributed by atoms with van der Waals surface area (Å²) in [6.07, 6.45) is 0. The lowest BCUT2D eigenvalue weighted by molar-refractivity contribution is -0.0512. The number of benzene rings is 2. The molecule has 0 fully saturated rings. The van der Waals surface area contributed by atoms with Gasteiger partial charge in [0.2, 0.25) is 0 Å². The monoisotopic (exact) mass is 381 g/mol. The zero-order valence-electron chi connectivity index (χ0n) is 15.1. The maximum atomic E-state index is 13.2. The molecule has 146 valence electrons. The van der Waals surface area contributed by atoms with E-state index in [2.05, 4.69) is 20.4 Å². The third kappa shape index (κ3) is 6.73. The summed E-state index contributed by atoms with van der Waals surface area (Å²) >= 11 is 0. The average molecular weight is 381 g/mol. The van der Waals surface area contributed by atoms with E-state index in [4.69, 9.17) is 4.74 Å². The summed E-state index contributed by atoms with van der Waals surface area (Å²) in [6, 6.07) is 11.0. The van der Waals surface area contributed by atoms with Gasteiger partial charge in [-0.15, -0.1) is 0 Å². The van der Waals surface area contributed by atoms with Crippen molar-refractivity contribution in [2.45, 2.75) is 26.6 Å². The second kappa shape index (κ2) is 10.3. The normalized spacial score (nSPS) is 11.4. The molecule has 0 unspecified atom stereocenters. The number of alkyl halides is 2. The van der Waals surface area contributed by atoms with Gasteiger partial charge >= 0.3 is 6.61 Å². The maximum Gasteiger partial charge on any atom is 0.387 e. The van der Waals surface area contributed by atoms with E-state index in [0.717, 1.165) is 5.56 Å². The second-order valence-electron chi connectivity index (χ2n) is 5.54. The van der Waals surface area contributed by atoms with E-state index in [9.17, 15) is 13.2 Å². The van der Waals surface area contributed by atoms with Crippen molar-refractivity contribution in [3.05, 3.63) is 59.4 Å². The molecule has 5 nitrogen and oxygen atoms in total. The lowest BCUT2D eigenvalue weighted by Gasteiger charge is -2.14. The van der Waals surface area contributed by atoms with Gasteiger partial charge in [-0.2, -0.15) is 8.78 Å². The Morgan fingerprint density at radius 1 is 1.07 bits per heavy atom. The molecule has 0 aliphatic heterocycles. The van der Waals surface area contributed by atoms with Crippen LogP contribution in [-0.2, 0) is 13.1 Å². The van der Waals surface area contributed by atoms with Crippen LogP contribution in [0.3, 0.4) is 0 Å². The van der Waals surface area contributed by atoms with Crippen LogP contribution in [0.25, 0.3) is 0 Å². The molecule has 8 heteroatoms. The van der Waals surface area contributed by atoms with Gasteiger partial charge in [0.1, 0.15) is 5.82 Å². The van der Waals surface area contributed by atoms with E-state index < -0.39 is 6.61 Å². The lowest BCUT2D eigenvalue weighted by Crippen LogP contribution is -2.36.